The molecular weight excluding hydrogens is 240 g/mol. The SMILES string of the molecule is CC(NC(=O)CN(C)C1CCCCC1)c1ccco1. The van der Waals surface area contributed by atoms with Gasteiger partial charge in [-0.1, -0.05) is 19.3 Å². The molecule has 1 aromatic heterocycles. The van der Waals surface area contributed by atoms with Crippen molar-refractivity contribution in [3.8, 4) is 0 Å². The van der Waals surface area contributed by atoms with Crippen LogP contribution in [0.3, 0.4) is 0 Å². The maximum atomic E-state index is 12.0. The fourth-order valence-electron chi connectivity index (χ4n) is 2.77. The number of nitrogens with one attached hydrogen (secondary N) is 1. The van der Waals surface area contributed by atoms with Gasteiger partial charge in [0.15, 0.2) is 0 Å². The van der Waals surface area contributed by atoms with Gasteiger partial charge in [-0.15, -0.1) is 0 Å². The molecule has 1 amide bonds. The molecule has 4 nitrogen and oxygen atoms in total. The molecule has 0 radical (unpaired) electrons. The molecule has 1 unspecified atom stereocenters. The van der Waals surface area contributed by atoms with Crippen LogP contribution < -0.4 is 5.32 Å². The van der Waals surface area contributed by atoms with E-state index in [1.807, 2.05) is 26.1 Å². The molecule has 1 fully saturated rings. The fourth-order valence-corrected chi connectivity index (χ4v) is 2.77. The van der Waals surface area contributed by atoms with E-state index in [1.165, 1.54) is 32.1 Å². The van der Waals surface area contributed by atoms with Crippen LogP contribution in [0.4, 0.5) is 0 Å². The minimum Gasteiger partial charge on any atom is -0.467 e. The number of furan rings is 1. The highest BCUT2D eigenvalue weighted by molar-refractivity contribution is 5.78. The van der Waals surface area contributed by atoms with Gasteiger partial charge in [0.25, 0.3) is 0 Å². The molecule has 0 aromatic carbocycles. The van der Waals surface area contributed by atoms with E-state index in [2.05, 4.69) is 10.2 Å². The Morgan fingerprint density at radius 1 is 1.47 bits per heavy atom. The van der Waals surface area contributed by atoms with Crippen LogP contribution in [0.1, 0.15) is 50.8 Å². The van der Waals surface area contributed by atoms with Crippen molar-refractivity contribution < 1.29 is 9.21 Å². The lowest BCUT2D eigenvalue weighted by Crippen LogP contribution is -2.42. The molecule has 106 valence electrons. The highest BCUT2D eigenvalue weighted by atomic mass is 16.3. The Balaban J connectivity index is 1.77. The van der Waals surface area contributed by atoms with Crippen molar-refractivity contribution in [1.29, 1.82) is 0 Å². The van der Waals surface area contributed by atoms with E-state index in [0.29, 0.717) is 12.6 Å². The Morgan fingerprint density at radius 2 is 2.21 bits per heavy atom. The summed E-state index contributed by atoms with van der Waals surface area (Å²) in [5.41, 5.74) is 0. The number of rotatable bonds is 5. The van der Waals surface area contributed by atoms with Crippen LogP contribution in [0.15, 0.2) is 22.8 Å². The molecule has 19 heavy (non-hydrogen) atoms. The third-order valence-electron chi connectivity index (χ3n) is 3.94. The Bertz CT molecular complexity index is 383. The van der Waals surface area contributed by atoms with E-state index in [1.54, 1.807) is 6.26 Å². The summed E-state index contributed by atoms with van der Waals surface area (Å²) in [6.45, 7) is 2.41. The van der Waals surface area contributed by atoms with Gasteiger partial charge >= 0.3 is 0 Å². The van der Waals surface area contributed by atoms with Crippen LogP contribution in [0.2, 0.25) is 0 Å². The van der Waals surface area contributed by atoms with E-state index in [-0.39, 0.29) is 11.9 Å². The van der Waals surface area contributed by atoms with Gasteiger partial charge in [-0.3, -0.25) is 9.69 Å². The van der Waals surface area contributed by atoms with E-state index < -0.39 is 0 Å². The molecule has 1 N–H and O–H groups in total. The van der Waals surface area contributed by atoms with Gasteiger partial charge in [-0.05, 0) is 38.9 Å². The summed E-state index contributed by atoms with van der Waals surface area (Å²) >= 11 is 0. The second-order valence-corrected chi connectivity index (χ2v) is 5.51. The number of carbonyl (C=O) groups excluding carboxylic acids is 1. The van der Waals surface area contributed by atoms with Crippen molar-refractivity contribution in [2.24, 2.45) is 0 Å². The van der Waals surface area contributed by atoms with Crippen LogP contribution in [0.25, 0.3) is 0 Å². The van der Waals surface area contributed by atoms with Gasteiger partial charge in [0, 0.05) is 6.04 Å². The molecule has 1 aromatic rings. The zero-order valence-corrected chi connectivity index (χ0v) is 11.9. The van der Waals surface area contributed by atoms with Gasteiger partial charge in [0.05, 0.1) is 18.8 Å². The molecule has 1 aliphatic carbocycles. The first-order valence-corrected chi connectivity index (χ1v) is 7.20. The molecule has 2 rings (SSSR count). The quantitative estimate of drug-likeness (QED) is 0.889. The first-order chi connectivity index (χ1) is 9.16. The zero-order valence-electron chi connectivity index (χ0n) is 11.9. The molecule has 1 atom stereocenters. The topological polar surface area (TPSA) is 45.5 Å². The van der Waals surface area contributed by atoms with Crippen molar-refractivity contribution in [3.05, 3.63) is 24.2 Å². The molecule has 1 heterocycles. The molecule has 0 saturated heterocycles. The molecule has 0 bridgehead atoms. The highest BCUT2D eigenvalue weighted by Crippen LogP contribution is 2.21. The Hall–Kier alpha value is -1.29. The monoisotopic (exact) mass is 264 g/mol. The fraction of sp³-hybridized carbons (Fsp3) is 0.667. The Morgan fingerprint density at radius 3 is 2.84 bits per heavy atom. The van der Waals surface area contributed by atoms with E-state index in [0.717, 1.165) is 5.76 Å². The smallest absolute Gasteiger partial charge is 0.234 e. The van der Waals surface area contributed by atoms with Gasteiger partial charge in [0.2, 0.25) is 5.91 Å². The predicted molar refractivity (Wildman–Crippen MR) is 74.8 cm³/mol. The molecule has 0 aliphatic heterocycles. The number of carbonyl (C=O) groups is 1. The second-order valence-electron chi connectivity index (χ2n) is 5.51. The van der Waals surface area contributed by atoms with Gasteiger partial charge in [-0.2, -0.15) is 0 Å². The zero-order chi connectivity index (χ0) is 13.7. The van der Waals surface area contributed by atoms with E-state index in [4.69, 9.17) is 4.42 Å². The summed E-state index contributed by atoms with van der Waals surface area (Å²) in [5.74, 6) is 0.866. The van der Waals surface area contributed by atoms with Crippen molar-refractivity contribution in [3.63, 3.8) is 0 Å². The van der Waals surface area contributed by atoms with E-state index in [9.17, 15) is 4.79 Å². The third-order valence-corrected chi connectivity index (χ3v) is 3.94. The van der Waals surface area contributed by atoms with Crippen molar-refractivity contribution in [1.82, 2.24) is 10.2 Å². The third kappa shape index (κ3) is 4.10. The van der Waals surface area contributed by atoms with Crippen molar-refractivity contribution in [2.45, 2.75) is 51.1 Å². The van der Waals surface area contributed by atoms with Gasteiger partial charge < -0.3 is 9.73 Å². The molecule has 0 spiro atoms. The summed E-state index contributed by atoms with van der Waals surface area (Å²) in [6.07, 6.45) is 7.99. The van der Waals surface area contributed by atoms with Crippen LogP contribution in [0, 0.1) is 0 Å². The standard InChI is InChI=1S/C15H24N2O2/c1-12(14-9-6-10-19-14)16-15(18)11-17(2)13-7-4-3-5-8-13/h6,9-10,12-13H,3-5,7-8,11H2,1-2H3,(H,16,18). The largest absolute Gasteiger partial charge is 0.467 e. The number of hydrogen-bond acceptors (Lipinski definition) is 3. The molecular formula is C15H24N2O2. The number of likely N-dealkylation sites (N-methyl/N-ethyl adjacent to an activating group) is 1. The molecule has 4 heteroatoms. The summed E-state index contributed by atoms with van der Waals surface area (Å²) < 4.78 is 5.29. The second kappa shape index (κ2) is 6.75. The number of amides is 1. The number of nitrogens with zero attached hydrogens (tertiary/aromatic N) is 1. The first kappa shape index (κ1) is 14.1. The minimum absolute atomic E-state index is 0.0666. The summed E-state index contributed by atoms with van der Waals surface area (Å²) in [5, 5.41) is 2.98. The predicted octanol–water partition coefficient (Wildman–Crippen LogP) is 2.72. The van der Waals surface area contributed by atoms with E-state index >= 15 is 0 Å². The maximum absolute atomic E-state index is 12.0. The summed E-state index contributed by atoms with van der Waals surface area (Å²) in [4.78, 5) is 14.2. The lowest BCUT2D eigenvalue weighted by molar-refractivity contribution is -0.123. The molecule has 1 saturated carbocycles. The van der Waals surface area contributed by atoms with Gasteiger partial charge in [-0.25, -0.2) is 0 Å². The number of hydrogen-bond donors (Lipinski definition) is 1. The van der Waals surface area contributed by atoms with Crippen molar-refractivity contribution in [2.75, 3.05) is 13.6 Å². The average Bonchev–Trinajstić information content (AvgIpc) is 2.93. The Labute approximate surface area is 115 Å². The van der Waals surface area contributed by atoms with Crippen LogP contribution >= 0.6 is 0 Å². The van der Waals surface area contributed by atoms with Crippen LogP contribution in [-0.4, -0.2) is 30.4 Å². The minimum atomic E-state index is -0.0674. The summed E-state index contributed by atoms with van der Waals surface area (Å²) in [6, 6.07) is 4.22. The maximum Gasteiger partial charge on any atom is 0.234 e. The lowest BCUT2D eigenvalue weighted by atomic mass is 9.94. The first-order valence-electron chi connectivity index (χ1n) is 7.20. The lowest BCUT2D eigenvalue weighted by Gasteiger charge is -2.30. The van der Waals surface area contributed by atoms with Crippen molar-refractivity contribution >= 4 is 5.91 Å². The van der Waals surface area contributed by atoms with Crippen LogP contribution in [-0.2, 0) is 4.79 Å². The Kier molecular flexibility index (Phi) is 5.02. The average molecular weight is 264 g/mol. The van der Waals surface area contributed by atoms with Crippen LogP contribution in [0.5, 0.6) is 0 Å². The van der Waals surface area contributed by atoms with Gasteiger partial charge in [0.1, 0.15) is 5.76 Å². The summed E-state index contributed by atoms with van der Waals surface area (Å²) in [7, 11) is 2.05. The molecule has 1 aliphatic rings. The highest BCUT2D eigenvalue weighted by Gasteiger charge is 2.20. The normalized spacial score (nSPS) is 18.5.